The zero-order valence-corrected chi connectivity index (χ0v) is 16.8. The topological polar surface area (TPSA) is 59.1 Å². The van der Waals surface area contributed by atoms with Crippen molar-refractivity contribution in [2.24, 2.45) is 0 Å². The molecule has 6 heteroatoms. The Morgan fingerprint density at radius 3 is 2.14 bits per heavy atom. The second-order valence-electron chi connectivity index (χ2n) is 6.25. The summed E-state index contributed by atoms with van der Waals surface area (Å²) in [4.78, 5) is 27.9. The SMILES string of the molecule is CCN(C(=O)CCN(CCOc1ccc(OC)cc1)C(C)=O)c1ccccc1. The highest BCUT2D eigenvalue weighted by Gasteiger charge is 2.16. The van der Waals surface area contributed by atoms with Crippen LogP contribution < -0.4 is 14.4 Å². The fourth-order valence-electron chi connectivity index (χ4n) is 2.85. The third kappa shape index (κ3) is 6.30. The van der Waals surface area contributed by atoms with Crippen LogP contribution in [0, 0.1) is 0 Å². The van der Waals surface area contributed by atoms with Crippen molar-refractivity contribution in [3.05, 3.63) is 54.6 Å². The molecule has 0 aromatic heterocycles. The summed E-state index contributed by atoms with van der Waals surface area (Å²) in [6.07, 6.45) is 0.269. The van der Waals surface area contributed by atoms with Crippen LogP contribution in [0.2, 0.25) is 0 Å². The summed E-state index contributed by atoms with van der Waals surface area (Å²) in [6, 6.07) is 16.8. The molecule has 0 atom stereocenters. The Labute approximate surface area is 166 Å². The van der Waals surface area contributed by atoms with E-state index in [-0.39, 0.29) is 18.2 Å². The van der Waals surface area contributed by atoms with E-state index in [1.807, 2.05) is 61.5 Å². The number of benzene rings is 2. The normalized spacial score (nSPS) is 10.2. The number of methoxy groups -OCH3 is 1. The molecule has 0 radical (unpaired) electrons. The van der Waals surface area contributed by atoms with Gasteiger partial charge in [0.2, 0.25) is 11.8 Å². The number of para-hydroxylation sites is 1. The molecule has 0 bridgehead atoms. The van der Waals surface area contributed by atoms with Crippen LogP contribution in [0.15, 0.2) is 54.6 Å². The van der Waals surface area contributed by atoms with Crippen LogP contribution in [0.25, 0.3) is 0 Å². The molecule has 2 amide bonds. The summed E-state index contributed by atoms with van der Waals surface area (Å²) in [7, 11) is 1.61. The molecule has 2 aromatic carbocycles. The summed E-state index contributed by atoms with van der Waals surface area (Å²) in [5.74, 6) is 1.39. The number of amides is 2. The zero-order chi connectivity index (χ0) is 20.4. The predicted molar refractivity (Wildman–Crippen MR) is 110 cm³/mol. The molecular formula is C22H28N2O4. The lowest BCUT2D eigenvalue weighted by Crippen LogP contribution is -2.38. The van der Waals surface area contributed by atoms with E-state index in [9.17, 15) is 9.59 Å². The van der Waals surface area contributed by atoms with E-state index in [2.05, 4.69) is 0 Å². The standard InChI is InChI=1S/C22H28N2O4/c1-4-24(19-8-6-5-7-9-19)22(26)14-15-23(18(2)25)16-17-28-21-12-10-20(27-3)11-13-21/h5-13H,4,14-17H2,1-3H3. The van der Waals surface area contributed by atoms with Gasteiger partial charge in [-0.05, 0) is 43.3 Å². The lowest BCUT2D eigenvalue weighted by Gasteiger charge is -2.24. The smallest absolute Gasteiger partial charge is 0.228 e. The first-order valence-corrected chi connectivity index (χ1v) is 9.43. The van der Waals surface area contributed by atoms with Gasteiger partial charge in [0.25, 0.3) is 0 Å². The van der Waals surface area contributed by atoms with Crippen LogP contribution in [0.5, 0.6) is 11.5 Å². The number of ether oxygens (including phenoxy) is 2. The monoisotopic (exact) mass is 384 g/mol. The predicted octanol–water partition coefficient (Wildman–Crippen LogP) is 3.37. The van der Waals surface area contributed by atoms with Gasteiger partial charge in [-0.15, -0.1) is 0 Å². The van der Waals surface area contributed by atoms with Crippen LogP contribution in [0.3, 0.4) is 0 Å². The van der Waals surface area contributed by atoms with E-state index >= 15 is 0 Å². The van der Waals surface area contributed by atoms with Crippen LogP contribution in [-0.4, -0.2) is 50.1 Å². The third-order valence-corrected chi connectivity index (χ3v) is 4.42. The lowest BCUT2D eigenvalue weighted by molar-refractivity contribution is -0.129. The minimum Gasteiger partial charge on any atom is -0.497 e. The Bertz CT molecular complexity index is 747. The van der Waals surface area contributed by atoms with Gasteiger partial charge in [-0.25, -0.2) is 0 Å². The largest absolute Gasteiger partial charge is 0.497 e. The van der Waals surface area contributed by atoms with Gasteiger partial charge in [-0.3, -0.25) is 9.59 Å². The Balaban J connectivity index is 1.84. The van der Waals surface area contributed by atoms with Gasteiger partial charge in [-0.2, -0.15) is 0 Å². The van der Waals surface area contributed by atoms with Gasteiger partial charge in [0.1, 0.15) is 18.1 Å². The number of carbonyl (C=O) groups is 2. The minimum atomic E-state index is -0.0751. The number of rotatable bonds is 10. The van der Waals surface area contributed by atoms with E-state index < -0.39 is 0 Å². The van der Waals surface area contributed by atoms with Crippen LogP contribution >= 0.6 is 0 Å². The second kappa shape index (κ2) is 11.0. The van der Waals surface area contributed by atoms with Crippen LogP contribution in [0.4, 0.5) is 5.69 Å². The van der Waals surface area contributed by atoms with Gasteiger partial charge >= 0.3 is 0 Å². The molecule has 2 aromatic rings. The van der Waals surface area contributed by atoms with Crippen molar-refractivity contribution in [2.75, 3.05) is 38.3 Å². The number of anilines is 1. The van der Waals surface area contributed by atoms with Crippen molar-refractivity contribution < 1.29 is 19.1 Å². The molecule has 0 aliphatic rings. The first kappa shape index (κ1) is 21.3. The highest BCUT2D eigenvalue weighted by atomic mass is 16.5. The molecule has 0 aliphatic carbocycles. The summed E-state index contributed by atoms with van der Waals surface area (Å²) in [6.45, 7) is 5.18. The lowest BCUT2D eigenvalue weighted by atomic mass is 10.2. The summed E-state index contributed by atoms with van der Waals surface area (Å²) >= 11 is 0. The van der Waals surface area contributed by atoms with Crippen molar-refractivity contribution in [1.29, 1.82) is 0 Å². The Hall–Kier alpha value is -3.02. The van der Waals surface area contributed by atoms with Crippen molar-refractivity contribution >= 4 is 17.5 Å². The highest BCUT2D eigenvalue weighted by Crippen LogP contribution is 2.17. The van der Waals surface area contributed by atoms with Crippen LogP contribution in [-0.2, 0) is 9.59 Å². The van der Waals surface area contributed by atoms with Gasteiger partial charge in [0, 0.05) is 32.1 Å². The fourth-order valence-corrected chi connectivity index (χ4v) is 2.85. The number of carbonyl (C=O) groups excluding carboxylic acids is 2. The molecule has 6 nitrogen and oxygen atoms in total. The average Bonchev–Trinajstić information content (AvgIpc) is 2.72. The van der Waals surface area contributed by atoms with E-state index in [1.165, 1.54) is 6.92 Å². The van der Waals surface area contributed by atoms with E-state index in [4.69, 9.17) is 9.47 Å². The zero-order valence-electron chi connectivity index (χ0n) is 16.8. The highest BCUT2D eigenvalue weighted by molar-refractivity contribution is 5.93. The summed E-state index contributed by atoms with van der Waals surface area (Å²) in [5, 5.41) is 0. The average molecular weight is 384 g/mol. The molecule has 2 rings (SSSR count). The maximum atomic E-state index is 12.6. The van der Waals surface area contributed by atoms with Crippen molar-refractivity contribution in [2.45, 2.75) is 20.3 Å². The number of hydrogen-bond donors (Lipinski definition) is 0. The molecule has 0 unspecified atom stereocenters. The van der Waals surface area contributed by atoms with Crippen LogP contribution in [0.1, 0.15) is 20.3 Å². The molecule has 0 saturated heterocycles. The van der Waals surface area contributed by atoms with Gasteiger partial charge in [-0.1, -0.05) is 18.2 Å². The maximum absolute atomic E-state index is 12.6. The van der Waals surface area contributed by atoms with E-state index in [0.29, 0.717) is 32.0 Å². The number of hydrogen-bond acceptors (Lipinski definition) is 4. The summed E-state index contributed by atoms with van der Waals surface area (Å²) in [5.41, 5.74) is 0.868. The van der Waals surface area contributed by atoms with E-state index in [1.54, 1.807) is 16.9 Å². The molecule has 0 fully saturated rings. The van der Waals surface area contributed by atoms with Gasteiger partial charge in [0.05, 0.1) is 13.7 Å². The first-order chi connectivity index (χ1) is 13.5. The van der Waals surface area contributed by atoms with Gasteiger partial charge in [0.15, 0.2) is 0 Å². The third-order valence-electron chi connectivity index (χ3n) is 4.42. The Morgan fingerprint density at radius 1 is 0.929 bits per heavy atom. The van der Waals surface area contributed by atoms with Gasteiger partial charge < -0.3 is 19.3 Å². The maximum Gasteiger partial charge on any atom is 0.228 e. The van der Waals surface area contributed by atoms with Crippen molar-refractivity contribution in [3.8, 4) is 11.5 Å². The Morgan fingerprint density at radius 2 is 1.57 bits per heavy atom. The molecule has 0 heterocycles. The molecule has 0 spiro atoms. The number of nitrogens with zero attached hydrogens (tertiary/aromatic N) is 2. The molecule has 150 valence electrons. The molecule has 0 saturated carbocycles. The molecule has 0 aliphatic heterocycles. The quantitative estimate of drug-likeness (QED) is 0.630. The molecular weight excluding hydrogens is 356 g/mol. The van der Waals surface area contributed by atoms with E-state index in [0.717, 1.165) is 11.4 Å². The first-order valence-electron chi connectivity index (χ1n) is 9.43. The molecule has 0 N–H and O–H groups in total. The fraction of sp³-hybridized carbons (Fsp3) is 0.364. The van der Waals surface area contributed by atoms with Crippen molar-refractivity contribution in [3.63, 3.8) is 0 Å². The Kier molecular flexibility index (Phi) is 8.34. The van der Waals surface area contributed by atoms with Crippen molar-refractivity contribution in [1.82, 2.24) is 4.90 Å². The summed E-state index contributed by atoms with van der Waals surface area (Å²) < 4.78 is 10.8. The second-order valence-corrected chi connectivity index (χ2v) is 6.25. The molecule has 28 heavy (non-hydrogen) atoms. The minimum absolute atomic E-state index is 0.00368.